The maximum Gasteiger partial charge on any atom is 0.233 e. The number of hydrogen-bond acceptors (Lipinski definition) is 5. The molecule has 1 aromatic carbocycles. The fourth-order valence-corrected chi connectivity index (χ4v) is 3.16. The summed E-state index contributed by atoms with van der Waals surface area (Å²) in [5.74, 6) is 1.49. The zero-order valence-corrected chi connectivity index (χ0v) is 16.8. The number of hydrogen-bond donors (Lipinski definition) is 1. The predicted molar refractivity (Wildman–Crippen MR) is 105 cm³/mol. The Morgan fingerprint density at radius 1 is 1.35 bits per heavy atom. The van der Waals surface area contributed by atoms with Crippen LogP contribution in [0, 0.1) is 0 Å². The predicted octanol–water partition coefficient (Wildman–Crippen LogP) is 3.54. The van der Waals surface area contributed by atoms with E-state index in [4.69, 9.17) is 4.74 Å². The molecule has 7 heteroatoms. The largest absolute Gasteiger partial charge is 0.497 e. The van der Waals surface area contributed by atoms with Crippen LogP contribution >= 0.6 is 11.8 Å². The van der Waals surface area contributed by atoms with Crippen molar-refractivity contribution in [2.45, 2.75) is 50.2 Å². The molecular formula is C19H26N4O2S. The molecule has 1 amide bonds. The molecule has 0 bridgehead atoms. The van der Waals surface area contributed by atoms with E-state index in [0.29, 0.717) is 11.7 Å². The summed E-state index contributed by atoms with van der Waals surface area (Å²) in [6.07, 6.45) is 1.79. The monoisotopic (exact) mass is 374 g/mol. The molecule has 1 heterocycles. The minimum atomic E-state index is -0.286. The van der Waals surface area contributed by atoms with Crippen molar-refractivity contribution in [1.29, 1.82) is 0 Å². The highest BCUT2D eigenvalue weighted by Gasteiger charge is 2.23. The Balaban J connectivity index is 2.25. The number of rotatable bonds is 7. The Bertz CT molecular complexity index is 763. The number of carbonyl (C=O) groups is 1. The fraction of sp³-hybridized carbons (Fsp3) is 0.421. The summed E-state index contributed by atoms with van der Waals surface area (Å²) in [5.41, 5.74) is 0.661. The average Bonchev–Trinajstić information content (AvgIpc) is 2.96. The first kappa shape index (κ1) is 20.0. The van der Waals surface area contributed by atoms with Crippen LogP contribution in [-0.4, -0.2) is 38.6 Å². The van der Waals surface area contributed by atoms with Gasteiger partial charge in [0.1, 0.15) is 5.75 Å². The summed E-state index contributed by atoms with van der Waals surface area (Å²) >= 11 is 1.39. The smallest absolute Gasteiger partial charge is 0.233 e. The van der Waals surface area contributed by atoms with Gasteiger partial charge in [-0.3, -0.25) is 9.36 Å². The molecule has 0 aliphatic carbocycles. The highest BCUT2D eigenvalue weighted by molar-refractivity contribution is 8.00. The Morgan fingerprint density at radius 3 is 2.54 bits per heavy atom. The number of aromatic nitrogens is 3. The molecule has 1 atom stereocenters. The van der Waals surface area contributed by atoms with Gasteiger partial charge in [0, 0.05) is 17.6 Å². The second kappa shape index (κ2) is 8.40. The number of thioether (sulfide) groups is 1. The lowest BCUT2D eigenvalue weighted by Crippen LogP contribution is -2.44. The van der Waals surface area contributed by atoms with Crippen molar-refractivity contribution in [3.05, 3.63) is 36.9 Å². The number of amides is 1. The Hall–Kier alpha value is -2.28. The van der Waals surface area contributed by atoms with Crippen molar-refractivity contribution in [3.63, 3.8) is 0 Å². The van der Waals surface area contributed by atoms with Crippen molar-refractivity contribution in [1.82, 2.24) is 20.1 Å². The summed E-state index contributed by atoms with van der Waals surface area (Å²) in [7, 11) is 1.63. The molecule has 2 rings (SSSR count). The zero-order valence-electron chi connectivity index (χ0n) is 15.9. The van der Waals surface area contributed by atoms with Crippen LogP contribution in [0.25, 0.3) is 11.4 Å². The molecule has 0 spiro atoms. The maximum atomic E-state index is 12.4. The van der Waals surface area contributed by atoms with Crippen LogP contribution in [0.3, 0.4) is 0 Å². The van der Waals surface area contributed by atoms with Gasteiger partial charge in [-0.1, -0.05) is 17.8 Å². The normalized spacial score (nSPS) is 12.5. The van der Waals surface area contributed by atoms with Gasteiger partial charge in [0.15, 0.2) is 11.0 Å². The van der Waals surface area contributed by atoms with Crippen LogP contribution in [0.1, 0.15) is 27.7 Å². The quantitative estimate of drug-likeness (QED) is 0.593. The second-order valence-corrected chi connectivity index (χ2v) is 8.24. The minimum absolute atomic E-state index is 0.0262. The van der Waals surface area contributed by atoms with Crippen molar-refractivity contribution in [3.8, 4) is 17.1 Å². The molecular weight excluding hydrogens is 348 g/mol. The van der Waals surface area contributed by atoms with E-state index in [-0.39, 0.29) is 16.7 Å². The number of nitrogens with one attached hydrogen (secondary N) is 1. The summed E-state index contributed by atoms with van der Waals surface area (Å²) < 4.78 is 7.16. The van der Waals surface area contributed by atoms with E-state index in [1.165, 1.54) is 11.8 Å². The third-order valence-electron chi connectivity index (χ3n) is 3.53. The highest BCUT2D eigenvalue weighted by atomic mass is 32.2. The Morgan fingerprint density at radius 2 is 2.00 bits per heavy atom. The standard InChI is InChI=1S/C19H26N4O2S/c1-7-12-23-16(14-8-10-15(25-6)11-9-14)21-22-18(23)26-13(2)17(24)20-19(3,4)5/h7-11,13H,1,12H2,2-6H3,(H,20,24). The van der Waals surface area contributed by atoms with Crippen LogP contribution in [-0.2, 0) is 11.3 Å². The van der Waals surface area contributed by atoms with Gasteiger partial charge >= 0.3 is 0 Å². The van der Waals surface area contributed by atoms with Crippen molar-refractivity contribution in [2.75, 3.05) is 7.11 Å². The van der Waals surface area contributed by atoms with Crippen molar-refractivity contribution < 1.29 is 9.53 Å². The molecule has 26 heavy (non-hydrogen) atoms. The molecule has 0 aliphatic heterocycles. The number of benzene rings is 1. The summed E-state index contributed by atoms with van der Waals surface area (Å²) in [6, 6.07) is 7.64. The van der Waals surface area contributed by atoms with Gasteiger partial charge in [-0.15, -0.1) is 16.8 Å². The van der Waals surface area contributed by atoms with Crippen LogP contribution < -0.4 is 10.1 Å². The van der Waals surface area contributed by atoms with E-state index < -0.39 is 0 Å². The lowest BCUT2D eigenvalue weighted by atomic mass is 10.1. The SMILES string of the molecule is C=CCn1c(SC(C)C(=O)NC(C)(C)C)nnc1-c1ccc(OC)cc1. The van der Waals surface area contributed by atoms with Gasteiger partial charge in [0.2, 0.25) is 5.91 Å². The molecule has 0 fully saturated rings. The number of carbonyl (C=O) groups excluding carboxylic acids is 1. The maximum absolute atomic E-state index is 12.4. The second-order valence-electron chi connectivity index (χ2n) is 6.93. The summed E-state index contributed by atoms with van der Waals surface area (Å²) in [6.45, 7) is 12.1. The molecule has 0 saturated carbocycles. The molecule has 140 valence electrons. The number of methoxy groups -OCH3 is 1. The van der Waals surface area contributed by atoms with E-state index >= 15 is 0 Å². The van der Waals surface area contributed by atoms with Crippen LogP contribution in [0.15, 0.2) is 42.1 Å². The number of nitrogens with zero attached hydrogens (tertiary/aromatic N) is 3. The minimum Gasteiger partial charge on any atom is -0.497 e. The fourth-order valence-electron chi connectivity index (χ4n) is 2.31. The molecule has 1 unspecified atom stereocenters. The molecule has 1 N–H and O–H groups in total. The van der Waals surface area contributed by atoms with Gasteiger partial charge in [-0.2, -0.15) is 0 Å². The first-order chi connectivity index (χ1) is 12.2. The summed E-state index contributed by atoms with van der Waals surface area (Å²) in [4.78, 5) is 12.4. The van der Waals surface area contributed by atoms with Gasteiger partial charge in [-0.25, -0.2) is 0 Å². The zero-order chi connectivity index (χ0) is 19.3. The molecule has 0 aliphatic rings. The van der Waals surface area contributed by atoms with Gasteiger partial charge in [-0.05, 0) is 52.0 Å². The topological polar surface area (TPSA) is 69.0 Å². The molecule has 6 nitrogen and oxygen atoms in total. The van der Waals surface area contributed by atoms with E-state index in [1.807, 2.05) is 56.5 Å². The Labute approximate surface area is 159 Å². The van der Waals surface area contributed by atoms with Crippen molar-refractivity contribution in [2.24, 2.45) is 0 Å². The Kier molecular flexibility index (Phi) is 6.47. The third kappa shape index (κ3) is 5.11. The first-order valence-electron chi connectivity index (χ1n) is 8.42. The molecule has 2 aromatic rings. The summed E-state index contributed by atoms with van der Waals surface area (Å²) in [5, 5.41) is 12.0. The molecule has 0 radical (unpaired) electrons. The lowest BCUT2D eigenvalue weighted by Gasteiger charge is -2.22. The van der Waals surface area contributed by atoms with E-state index in [1.54, 1.807) is 13.2 Å². The van der Waals surface area contributed by atoms with E-state index in [9.17, 15) is 4.79 Å². The van der Waals surface area contributed by atoms with Gasteiger partial charge in [0.05, 0.1) is 12.4 Å². The lowest BCUT2D eigenvalue weighted by molar-refractivity contribution is -0.121. The first-order valence-corrected chi connectivity index (χ1v) is 9.30. The molecule has 0 saturated heterocycles. The van der Waals surface area contributed by atoms with E-state index in [0.717, 1.165) is 17.1 Å². The van der Waals surface area contributed by atoms with Gasteiger partial charge in [0.25, 0.3) is 0 Å². The third-order valence-corrected chi connectivity index (χ3v) is 4.61. The molecule has 1 aromatic heterocycles. The van der Waals surface area contributed by atoms with Crippen LogP contribution in [0.2, 0.25) is 0 Å². The number of ether oxygens (including phenoxy) is 1. The highest BCUT2D eigenvalue weighted by Crippen LogP contribution is 2.28. The van der Waals surface area contributed by atoms with Crippen LogP contribution in [0.4, 0.5) is 0 Å². The van der Waals surface area contributed by atoms with Crippen LogP contribution in [0.5, 0.6) is 5.75 Å². The van der Waals surface area contributed by atoms with E-state index in [2.05, 4.69) is 22.1 Å². The van der Waals surface area contributed by atoms with Crippen molar-refractivity contribution >= 4 is 17.7 Å². The number of allylic oxidation sites excluding steroid dienone is 1. The average molecular weight is 375 g/mol. The van der Waals surface area contributed by atoms with Gasteiger partial charge < -0.3 is 10.1 Å².